The van der Waals surface area contributed by atoms with E-state index in [1.807, 2.05) is 11.6 Å². The summed E-state index contributed by atoms with van der Waals surface area (Å²) in [5, 5.41) is 2.82. The van der Waals surface area contributed by atoms with Gasteiger partial charge in [-0.1, -0.05) is 6.08 Å². The predicted octanol–water partition coefficient (Wildman–Crippen LogP) is 2.35. The first kappa shape index (κ1) is 17.1. The minimum absolute atomic E-state index is 0.154. The van der Waals surface area contributed by atoms with Crippen molar-refractivity contribution in [3.63, 3.8) is 0 Å². The third-order valence-corrected chi connectivity index (χ3v) is 3.64. The molecule has 0 saturated carbocycles. The first-order valence-corrected chi connectivity index (χ1v) is 7.64. The van der Waals surface area contributed by atoms with E-state index in [0.717, 1.165) is 16.9 Å². The lowest BCUT2D eigenvalue weighted by Crippen LogP contribution is -2.36. The number of fused-ring (bicyclic) bond motifs is 1. The maximum atomic E-state index is 13.3. The van der Waals surface area contributed by atoms with Crippen molar-refractivity contribution in [2.75, 3.05) is 13.2 Å². The highest BCUT2D eigenvalue weighted by Gasteiger charge is 2.13. The molecule has 1 heterocycles. The van der Waals surface area contributed by atoms with Crippen LogP contribution in [0.2, 0.25) is 0 Å². The van der Waals surface area contributed by atoms with Crippen LogP contribution in [0.1, 0.15) is 19.2 Å². The summed E-state index contributed by atoms with van der Waals surface area (Å²) < 4.78 is 20.5. The number of aryl methyl sites for hydroxylation is 1. The molecule has 1 aromatic heterocycles. The highest BCUT2D eigenvalue weighted by molar-refractivity contribution is 5.80. The Morgan fingerprint density at radius 2 is 2.35 bits per heavy atom. The lowest BCUT2D eigenvalue weighted by atomic mass is 10.3. The van der Waals surface area contributed by atoms with E-state index in [-0.39, 0.29) is 11.7 Å². The van der Waals surface area contributed by atoms with Gasteiger partial charge in [-0.3, -0.25) is 4.79 Å². The molecular formula is C17H22FN3O2. The fourth-order valence-electron chi connectivity index (χ4n) is 2.28. The highest BCUT2D eigenvalue weighted by Crippen LogP contribution is 2.16. The molecule has 1 amide bonds. The van der Waals surface area contributed by atoms with Gasteiger partial charge in [0.15, 0.2) is 0 Å². The number of nitrogens with one attached hydrogen (secondary N) is 1. The monoisotopic (exact) mass is 319 g/mol. The maximum Gasteiger partial charge on any atom is 0.248 e. The van der Waals surface area contributed by atoms with Gasteiger partial charge in [0.25, 0.3) is 0 Å². The summed E-state index contributed by atoms with van der Waals surface area (Å²) in [6.07, 6.45) is 2.54. The third-order valence-electron chi connectivity index (χ3n) is 3.64. The SMILES string of the molecule is C=CCCOC(C)C(=O)NCCc1nc2ccc(F)cc2n1C. The van der Waals surface area contributed by atoms with Gasteiger partial charge in [-0.25, -0.2) is 9.37 Å². The van der Waals surface area contributed by atoms with Gasteiger partial charge in [0.05, 0.1) is 17.6 Å². The molecule has 23 heavy (non-hydrogen) atoms. The van der Waals surface area contributed by atoms with Gasteiger partial charge >= 0.3 is 0 Å². The number of hydrogen-bond acceptors (Lipinski definition) is 3. The molecule has 0 radical (unpaired) electrons. The Bertz CT molecular complexity index is 696. The van der Waals surface area contributed by atoms with E-state index >= 15 is 0 Å². The molecular weight excluding hydrogens is 297 g/mol. The van der Waals surface area contributed by atoms with E-state index in [1.54, 1.807) is 19.1 Å². The normalized spacial score (nSPS) is 12.3. The van der Waals surface area contributed by atoms with Crippen LogP contribution in [0.15, 0.2) is 30.9 Å². The summed E-state index contributed by atoms with van der Waals surface area (Å²) in [6, 6.07) is 4.51. The zero-order chi connectivity index (χ0) is 16.8. The fourth-order valence-corrected chi connectivity index (χ4v) is 2.28. The number of carbonyl (C=O) groups excluding carboxylic acids is 1. The number of nitrogens with zero attached hydrogens (tertiary/aromatic N) is 2. The zero-order valence-electron chi connectivity index (χ0n) is 13.5. The minimum atomic E-state index is -0.496. The highest BCUT2D eigenvalue weighted by atomic mass is 19.1. The average molecular weight is 319 g/mol. The van der Waals surface area contributed by atoms with Gasteiger partial charge in [0.2, 0.25) is 5.91 Å². The molecule has 0 spiro atoms. The number of halogens is 1. The second kappa shape index (κ2) is 7.87. The summed E-state index contributed by atoms with van der Waals surface area (Å²) in [5.41, 5.74) is 1.49. The summed E-state index contributed by atoms with van der Waals surface area (Å²) in [7, 11) is 1.84. The third kappa shape index (κ3) is 4.39. The van der Waals surface area contributed by atoms with E-state index in [2.05, 4.69) is 16.9 Å². The van der Waals surface area contributed by atoms with Crippen LogP contribution in [-0.2, 0) is 23.0 Å². The number of rotatable bonds is 8. The van der Waals surface area contributed by atoms with Crippen molar-refractivity contribution in [3.8, 4) is 0 Å². The Morgan fingerprint density at radius 1 is 1.57 bits per heavy atom. The van der Waals surface area contributed by atoms with Crippen molar-refractivity contribution >= 4 is 16.9 Å². The van der Waals surface area contributed by atoms with Crippen molar-refractivity contribution in [2.24, 2.45) is 7.05 Å². The van der Waals surface area contributed by atoms with Crippen LogP contribution >= 0.6 is 0 Å². The predicted molar refractivity (Wildman–Crippen MR) is 87.6 cm³/mol. The average Bonchev–Trinajstić information content (AvgIpc) is 2.83. The molecule has 6 heteroatoms. The Kier molecular flexibility index (Phi) is 5.87. The quantitative estimate of drug-likeness (QED) is 0.600. The molecule has 0 bridgehead atoms. The molecule has 1 unspecified atom stereocenters. The molecule has 0 aliphatic heterocycles. The van der Waals surface area contributed by atoms with Crippen LogP contribution in [0.3, 0.4) is 0 Å². The van der Waals surface area contributed by atoms with Gasteiger partial charge < -0.3 is 14.6 Å². The summed E-state index contributed by atoms with van der Waals surface area (Å²) >= 11 is 0. The number of hydrogen-bond donors (Lipinski definition) is 1. The van der Waals surface area contributed by atoms with Crippen LogP contribution < -0.4 is 5.32 Å². The molecule has 0 aliphatic rings. The Labute approximate surface area is 135 Å². The van der Waals surface area contributed by atoms with E-state index < -0.39 is 6.10 Å². The number of benzene rings is 1. The molecule has 1 N–H and O–H groups in total. The standard InChI is InChI=1S/C17H22FN3O2/c1-4-5-10-23-12(2)17(22)19-9-8-16-20-14-7-6-13(18)11-15(14)21(16)3/h4,6-7,11-12H,1,5,8-10H2,2-3H3,(H,19,22). The largest absolute Gasteiger partial charge is 0.368 e. The van der Waals surface area contributed by atoms with Crippen molar-refractivity contribution in [1.29, 1.82) is 0 Å². The minimum Gasteiger partial charge on any atom is -0.368 e. The molecule has 0 fully saturated rings. The topological polar surface area (TPSA) is 56.1 Å². The Balaban J connectivity index is 1.87. The van der Waals surface area contributed by atoms with Crippen LogP contribution in [0, 0.1) is 5.82 Å². The molecule has 1 atom stereocenters. The summed E-state index contributed by atoms with van der Waals surface area (Å²) in [5.74, 6) is 0.357. The smallest absolute Gasteiger partial charge is 0.248 e. The lowest BCUT2D eigenvalue weighted by Gasteiger charge is -2.12. The first-order valence-electron chi connectivity index (χ1n) is 7.64. The second-order valence-corrected chi connectivity index (χ2v) is 5.35. The molecule has 2 rings (SSSR count). The van der Waals surface area contributed by atoms with Crippen LogP contribution in [-0.4, -0.2) is 34.7 Å². The van der Waals surface area contributed by atoms with E-state index in [1.165, 1.54) is 12.1 Å². The molecule has 2 aromatic rings. The van der Waals surface area contributed by atoms with Crippen LogP contribution in [0.5, 0.6) is 0 Å². The number of carbonyl (C=O) groups is 1. The fraction of sp³-hybridized carbons (Fsp3) is 0.412. The Morgan fingerprint density at radius 3 is 3.09 bits per heavy atom. The second-order valence-electron chi connectivity index (χ2n) is 5.35. The van der Waals surface area contributed by atoms with Crippen molar-refractivity contribution < 1.29 is 13.9 Å². The van der Waals surface area contributed by atoms with Gasteiger partial charge in [0.1, 0.15) is 17.7 Å². The first-order chi connectivity index (χ1) is 11.0. The molecule has 5 nitrogen and oxygen atoms in total. The van der Waals surface area contributed by atoms with Crippen molar-refractivity contribution in [1.82, 2.24) is 14.9 Å². The van der Waals surface area contributed by atoms with Crippen molar-refractivity contribution in [3.05, 3.63) is 42.5 Å². The van der Waals surface area contributed by atoms with Gasteiger partial charge in [-0.15, -0.1) is 6.58 Å². The number of amides is 1. The van der Waals surface area contributed by atoms with Crippen LogP contribution in [0.25, 0.3) is 11.0 Å². The van der Waals surface area contributed by atoms with Crippen LogP contribution in [0.4, 0.5) is 4.39 Å². The summed E-state index contributed by atoms with van der Waals surface area (Å²) in [6.45, 7) is 6.25. The summed E-state index contributed by atoms with van der Waals surface area (Å²) in [4.78, 5) is 16.3. The van der Waals surface area contributed by atoms with E-state index in [0.29, 0.717) is 26.0 Å². The molecule has 124 valence electrons. The zero-order valence-corrected chi connectivity index (χ0v) is 13.5. The Hall–Kier alpha value is -2.21. The number of imidazole rings is 1. The number of ether oxygens (including phenoxy) is 1. The lowest BCUT2D eigenvalue weighted by molar-refractivity contribution is -0.131. The van der Waals surface area contributed by atoms with Crippen molar-refractivity contribution in [2.45, 2.75) is 25.9 Å². The van der Waals surface area contributed by atoms with Gasteiger partial charge in [-0.05, 0) is 31.5 Å². The van der Waals surface area contributed by atoms with E-state index in [4.69, 9.17) is 4.74 Å². The van der Waals surface area contributed by atoms with Gasteiger partial charge in [-0.2, -0.15) is 0 Å². The van der Waals surface area contributed by atoms with Gasteiger partial charge in [0, 0.05) is 20.0 Å². The maximum absolute atomic E-state index is 13.3. The molecule has 0 saturated heterocycles. The molecule has 0 aliphatic carbocycles. The van der Waals surface area contributed by atoms with E-state index in [9.17, 15) is 9.18 Å². The number of aromatic nitrogens is 2. The molecule has 1 aromatic carbocycles.